The van der Waals surface area contributed by atoms with Gasteiger partial charge in [-0.15, -0.1) is 24.8 Å². The summed E-state index contributed by atoms with van der Waals surface area (Å²) >= 11 is 0. The molecule has 1 aromatic rings. The lowest BCUT2D eigenvalue weighted by molar-refractivity contribution is -0.120. The molecule has 5 nitrogen and oxygen atoms in total. The number of rotatable bonds is 3. The van der Waals surface area contributed by atoms with Crippen molar-refractivity contribution in [2.75, 3.05) is 18.4 Å². The van der Waals surface area contributed by atoms with Crippen LogP contribution in [0.15, 0.2) is 12.4 Å². The van der Waals surface area contributed by atoms with E-state index in [1.165, 1.54) is 0 Å². The van der Waals surface area contributed by atoms with E-state index in [1.54, 1.807) is 10.9 Å². The molecule has 1 aliphatic heterocycles. The van der Waals surface area contributed by atoms with Crippen LogP contribution in [0.1, 0.15) is 19.8 Å². The third-order valence-corrected chi connectivity index (χ3v) is 2.93. The van der Waals surface area contributed by atoms with Crippen molar-refractivity contribution in [3.8, 4) is 0 Å². The zero-order chi connectivity index (χ0) is 11.4. The van der Waals surface area contributed by atoms with E-state index in [2.05, 4.69) is 15.7 Å². The molecule has 0 saturated carbocycles. The molecule has 2 N–H and O–H groups in total. The van der Waals surface area contributed by atoms with Gasteiger partial charge in [-0.2, -0.15) is 5.10 Å². The van der Waals surface area contributed by atoms with E-state index in [0.717, 1.165) is 38.2 Å². The van der Waals surface area contributed by atoms with Gasteiger partial charge in [0.05, 0.1) is 11.9 Å². The van der Waals surface area contributed by atoms with Gasteiger partial charge in [0, 0.05) is 18.7 Å². The Kier molecular flexibility index (Phi) is 7.98. The van der Waals surface area contributed by atoms with Gasteiger partial charge in [-0.05, 0) is 32.9 Å². The van der Waals surface area contributed by atoms with Crippen molar-refractivity contribution in [1.82, 2.24) is 15.1 Å². The van der Waals surface area contributed by atoms with Crippen LogP contribution in [-0.2, 0) is 11.3 Å². The molecule has 0 bridgehead atoms. The molecule has 0 radical (unpaired) electrons. The van der Waals surface area contributed by atoms with Crippen LogP contribution in [-0.4, -0.2) is 28.8 Å². The van der Waals surface area contributed by atoms with Crippen LogP contribution < -0.4 is 10.6 Å². The van der Waals surface area contributed by atoms with Gasteiger partial charge in [0.15, 0.2) is 0 Å². The molecule has 0 aromatic carbocycles. The van der Waals surface area contributed by atoms with Crippen molar-refractivity contribution in [3.63, 3.8) is 0 Å². The average Bonchev–Trinajstić information content (AvgIpc) is 2.78. The van der Waals surface area contributed by atoms with Crippen molar-refractivity contribution < 1.29 is 4.79 Å². The Morgan fingerprint density at radius 2 is 2.17 bits per heavy atom. The lowest BCUT2D eigenvalue weighted by Gasteiger charge is -2.21. The van der Waals surface area contributed by atoms with Gasteiger partial charge in [0.1, 0.15) is 0 Å². The largest absolute Gasteiger partial charge is 0.323 e. The predicted octanol–water partition coefficient (Wildman–Crippen LogP) is 1.68. The molecule has 1 saturated heterocycles. The van der Waals surface area contributed by atoms with Gasteiger partial charge in [-0.25, -0.2) is 0 Å². The van der Waals surface area contributed by atoms with Crippen molar-refractivity contribution in [1.29, 1.82) is 0 Å². The summed E-state index contributed by atoms with van der Waals surface area (Å²) < 4.78 is 1.80. The number of carbonyl (C=O) groups excluding carboxylic acids is 1. The standard InChI is InChI=1S/C11H18N4O.2ClH/c1-2-15-8-10(7-13-15)14-11(16)9-3-5-12-6-4-9;;/h7-9,12H,2-6H2,1H3,(H,14,16);2*1H. The Balaban J connectivity index is 0.00000144. The maximum Gasteiger partial charge on any atom is 0.227 e. The van der Waals surface area contributed by atoms with Crippen molar-refractivity contribution in [3.05, 3.63) is 12.4 Å². The first-order valence-corrected chi connectivity index (χ1v) is 5.83. The molecule has 7 heteroatoms. The second-order valence-corrected chi connectivity index (χ2v) is 4.10. The maximum absolute atomic E-state index is 11.9. The van der Waals surface area contributed by atoms with Gasteiger partial charge < -0.3 is 10.6 Å². The number of hydrogen-bond donors (Lipinski definition) is 2. The molecule has 1 fully saturated rings. The third-order valence-electron chi connectivity index (χ3n) is 2.93. The topological polar surface area (TPSA) is 59.0 Å². The predicted molar refractivity (Wildman–Crippen MR) is 76.6 cm³/mol. The number of halogens is 2. The van der Waals surface area contributed by atoms with E-state index in [-0.39, 0.29) is 36.6 Å². The molecule has 0 unspecified atom stereocenters. The molecule has 2 rings (SSSR count). The van der Waals surface area contributed by atoms with Crippen LogP contribution in [0.5, 0.6) is 0 Å². The highest BCUT2D eigenvalue weighted by molar-refractivity contribution is 5.92. The van der Waals surface area contributed by atoms with Gasteiger partial charge in [-0.1, -0.05) is 0 Å². The number of aryl methyl sites for hydroxylation is 1. The van der Waals surface area contributed by atoms with Crippen LogP contribution in [0.3, 0.4) is 0 Å². The van der Waals surface area contributed by atoms with Gasteiger partial charge in [0.2, 0.25) is 5.91 Å². The smallest absolute Gasteiger partial charge is 0.227 e. The Bertz CT molecular complexity index is 364. The van der Waals surface area contributed by atoms with Crippen molar-refractivity contribution >= 4 is 36.4 Å². The number of carbonyl (C=O) groups is 1. The number of hydrogen-bond acceptors (Lipinski definition) is 3. The molecular formula is C11H20Cl2N4O. The number of nitrogens with one attached hydrogen (secondary N) is 2. The fourth-order valence-electron chi connectivity index (χ4n) is 1.93. The Morgan fingerprint density at radius 1 is 1.50 bits per heavy atom. The SMILES string of the molecule is CCn1cc(NC(=O)C2CCNCC2)cn1.Cl.Cl. The summed E-state index contributed by atoms with van der Waals surface area (Å²) in [7, 11) is 0. The minimum atomic E-state index is 0. The lowest BCUT2D eigenvalue weighted by atomic mass is 9.97. The first-order chi connectivity index (χ1) is 7.79. The normalized spacial score (nSPS) is 15.4. The zero-order valence-electron chi connectivity index (χ0n) is 10.4. The summed E-state index contributed by atoms with van der Waals surface area (Å²) in [4.78, 5) is 11.9. The summed E-state index contributed by atoms with van der Waals surface area (Å²) in [5.74, 6) is 0.267. The Morgan fingerprint density at radius 3 is 2.72 bits per heavy atom. The minimum Gasteiger partial charge on any atom is -0.323 e. The fourth-order valence-corrected chi connectivity index (χ4v) is 1.93. The number of aromatic nitrogens is 2. The van der Waals surface area contributed by atoms with Gasteiger partial charge >= 0.3 is 0 Å². The molecule has 1 amide bonds. The first kappa shape index (κ1) is 17.2. The molecule has 0 aliphatic carbocycles. The van der Waals surface area contributed by atoms with E-state index in [4.69, 9.17) is 0 Å². The number of nitrogens with zero attached hydrogens (tertiary/aromatic N) is 2. The van der Waals surface area contributed by atoms with Crippen LogP contribution in [0.25, 0.3) is 0 Å². The molecule has 0 spiro atoms. The van der Waals surface area contributed by atoms with Crippen molar-refractivity contribution in [2.24, 2.45) is 5.92 Å². The lowest BCUT2D eigenvalue weighted by Crippen LogP contribution is -2.34. The second kappa shape index (κ2) is 8.34. The summed E-state index contributed by atoms with van der Waals surface area (Å²) in [6.45, 7) is 4.72. The highest BCUT2D eigenvalue weighted by atomic mass is 35.5. The summed E-state index contributed by atoms with van der Waals surface area (Å²) in [6, 6.07) is 0. The molecular weight excluding hydrogens is 275 g/mol. The van der Waals surface area contributed by atoms with E-state index in [9.17, 15) is 4.79 Å². The van der Waals surface area contributed by atoms with E-state index in [1.807, 2.05) is 13.1 Å². The quantitative estimate of drug-likeness (QED) is 0.892. The highest BCUT2D eigenvalue weighted by Crippen LogP contribution is 2.14. The van der Waals surface area contributed by atoms with E-state index >= 15 is 0 Å². The maximum atomic E-state index is 11.9. The molecule has 18 heavy (non-hydrogen) atoms. The fraction of sp³-hybridized carbons (Fsp3) is 0.636. The van der Waals surface area contributed by atoms with E-state index in [0.29, 0.717) is 0 Å². The monoisotopic (exact) mass is 294 g/mol. The minimum absolute atomic E-state index is 0. The van der Waals surface area contributed by atoms with Crippen LogP contribution in [0.2, 0.25) is 0 Å². The molecule has 2 heterocycles. The third kappa shape index (κ3) is 4.48. The number of piperidine rings is 1. The summed E-state index contributed by atoms with van der Waals surface area (Å²) in [5, 5.41) is 10.3. The molecule has 1 aromatic heterocycles. The Hall–Kier alpha value is -0.780. The number of amides is 1. The van der Waals surface area contributed by atoms with Gasteiger partial charge in [0.25, 0.3) is 0 Å². The Labute approximate surface area is 120 Å². The number of anilines is 1. The first-order valence-electron chi connectivity index (χ1n) is 5.83. The molecule has 104 valence electrons. The summed E-state index contributed by atoms with van der Waals surface area (Å²) in [5.41, 5.74) is 0.797. The van der Waals surface area contributed by atoms with Crippen molar-refractivity contribution in [2.45, 2.75) is 26.3 Å². The molecule has 1 aliphatic rings. The van der Waals surface area contributed by atoms with Crippen LogP contribution >= 0.6 is 24.8 Å². The van der Waals surface area contributed by atoms with Crippen LogP contribution in [0.4, 0.5) is 5.69 Å². The highest BCUT2D eigenvalue weighted by Gasteiger charge is 2.20. The van der Waals surface area contributed by atoms with E-state index < -0.39 is 0 Å². The summed E-state index contributed by atoms with van der Waals surface area (Å²) in [6.07, 6.45) is 5.41. The zero-order valence-corrected chi connectivity index (χ0v) is 12.0. The molecule has 0 atom stereocenters. The van der Waals surface area contributed by atoms with Crippen LogP contribution in [0, 0.1) is 5.92 Å². The van der Waals surface area contributed by atoms with Gasteiger partial charge in [-0.3, -0.25) is 9.48 Å². The second-order valence-electron chi connectivity index (χ2n) is 4.10. The average molecular weight is 295 g/mol.